The number of unbranched alkanes of at least 4 members (excludes halogenated alkanes) is 1. The highest BCUT2D eigenvalue weighted by Gasteiger charge is 2.13. The lowest BCUT2D eigenvalue weighted by atomic mass is 9.91. The van der Waals surface area contributed by atoms with Gasteiger partial charge in [-0.3, -0.25) is 4.39 Å². The molecule has 2 N–H and O–H groups in total. The van der Waals surface area contributed by atoms with Crippen LogP contribution in [0.15, 0.2) is 78.9 Å². The van der Waals surface area contributed by atoms with Crippen molar-refractivity contribution in [3.63, 3.8) is 0 Å². The lowest BCUT2D eigenvalue weighted by Crippen LogP contribution is -2.15. The van der Waals surface area contributed by atoms with Crippen molar-refractivity contribution < 1.29 is 43.1 Å². The van der Waals surface area contributed by atoms with E-state index >= 15 is 0 Å². The van der Waals surface area contributed by atoms with Gasteiger partial charge in [-0.1, -0.05) is 56.5 Å². The molecule has 0 heterocycles. The molecule has 0 bridgehead atoms. The minimum atomic E-state index is -0.698. The predicted octanol–water partition coefficient (Wildman–Crippen LogP) is 6.12. The van der Waals surface area contributed by atoms with Gasteiger partial charge in [-0.15, -0.1) is 0 Å². The number of esters is 2. The number of ether oxygens (including phenoxy) is 4. The van der Waals surface area contributed by atoms with Gasteiger partial charge >= 0.3 is 11.9 Å². The molecule has 0 amide bonds. The molecule has 9 heteroatoms. The molecule has 8 nitrogen and oxygen atoms in total. The Morgan fingerprint density at radius 2 is 1.30 bits per heavy atom. The summed E-state index contributed by atoms with van der Waals surface area (Å²) in [7, 11) is 0. The highest BCUT2D eigenvalue weighted by molar-refractivity contribution is 5.88. The van der Waals surface area contributed by atoms with E-state index in [1.165, 1.54) is 11.1 Å². The fraction of sp³-hybridized carbons (Fsp3) is 0.351. The Morgan fingerprint density at radius 3 is 1.83 bits per heavy atom. The van der Waals surface area contributed by atoms with Crippen LogP contribution in [0.4, 0.5) is 4.39 Å². The average Bonchev–Trinajstić information content (AvgIpc) is 3.07. The first kappa shape index (κ1) is 36.0. The number of alkyl halides is 1. The Labute approximate surface area is 270 Å². The summed E-state index contributed by atoms with van der Waals surface area (Å²) in [6.45, 7) is 9.83. The number of benzene rings is 3. The molecule has 0 radical (unpaired) electrons. The third-order valence-corrected chi connectivity index (χ3v) is 7.31. The maximum atomic E-state index is 12.6. The normalized spacial score (nSPS) is 10.7. The number of aliphatic hydroxyl groups is 2. The van der Waals surface area contributed by atoms with E-state index in [0.29, 0.717) is 17.9 Å². The van der Waals surface area contributed by atoms with Crippen molar-refractivity contribution in [3.8, 4) is 33.8 Å². The van der Waals surface area contributed by atoms with Crippen LogP contribution in [0.2, 0.25) is 0 Å². The molecule has 3 aromatic rings. The second kappa shape index (κ2) is 18.5. The molecule has 246 valence electrons. The molecule has 0 atom stereocenters. The summed E-state index contributed by atoms with van der Waals surface area (Å²) in [6.07, 6.45) is 3.06. The van der Waals surface area contributed by atoms with E-state index in [2.05, 4.69) is 57.3 Å². The van der Waals surface area contributed by atoms with Gasteiger partial charge in [0.2, 0.25) is 0 Å². The van der Waals surface area contributed by atoms with Gasteiger partial charge in [-0.05, 0) is 83.7 Å². The second-order valence-corrected chi connectivity index (χ2v) is 10.7. The van der Waals surface area contributed by atoms with E-state index in [0.717, 1.165) is 47.1 Å². The zero-order valence-electron chi connectivity index (χ0n) is 26.6. The highest BCUT2D eigenvalue weighted by Crippen LogP contribution is 2.34. The quantitative estimate of drug-likeness (QED) is 0.0922. The lowest BCUT2D eigenvalue weighted by Gasteiger charge is -2.16. The minimum Gasteiger partial charge on any atom is -0.490 e. The number of hydrogen-bond acceptors (Lipinski definition) is 8. The molecular weight excluding hydrogens is 591 g/mol. The maximum absolute atomic E-state index is 12.6. The highest BCUT2D eigenvalue weighted by atomic mass is 19.1. The third kappa shape index (κ3) is 10.6. The van der Waals surface area contributed by atoms with Gasteiger partial charge in [0.25, 0.3) is 0 Å². The van der Waals surface area contributed by atoms with Crippen molar-refractivity contribution in [1.29, 1.82) is 0 Å². The van der Waals surface area contributed by atoms with Crippen molar-refractivity contribution in [1.82, 2.24) is 0 Å². The number of aryl methyl sites for hydroxylation is 3. The minimum absolute atomic E-state index is 0.0455. The summed E-state index contributed by atoms with van der Waals surface area (Å²) in [5, 5.41) is 18.1. The molecule has 3 rings (SSSR count). The van der Waals surface area contributed by atoms with Crippen LogP contribution in [0.1, 0.15) is 36.5 Å². The van der Waals surface area contributed by atoms with E-state index < -0.39 is 25.2 Å². The first-order chi connectivity index (χ1) is 22.2. The molecule has 0 saturated heterocycles. The molecule has 0 unspecified atom stereocenters. The molecule has 0 aliphatic carbocycles. The van der Waals surface area contributed by atoms with E-state index in [-0.39, 0.29) is 44.2 Å². The Bertz CT molecular complexity index is 1460. The van der Waals surface area contributed by atoms with Crippen LogP contribution < -0.4 is 9.47 Å². The van der Waals surface area contributed by atoms with Crippen LogP contribution in [-0.2, 0) is 31.9 Å². The van der Waals surface area contributed by atoms with Crippen LogP contribution in [0.3, 0.4) is 0 Å². The SMILES string of the molecule is C=C(CO)C(=O)OCCOc1cc(OCCOC(=O)C(=C)CO)cc(-c2ccc(-c3ccc(CCCCF)c(C)c3)c(CC)c2)c1. The molecule has 0 aliphatic rings. The summed E-state index contributed by atoms with van der Waals surface area (Å²) in [5.41, 5.74) is 7.49. The molecule has 3 aromatic carbocycles. The fourth-order valence-corrected chi connectivity index (χ4v) is 4.73. The zero-order chi connectivity index (χ0) is 33.5. The lowest BCUT2D eigenvalue weighted by molar-refractivity contribution is -0.141. The van der Waals surface area contributed by atoms with E-state index in [9.17, 15) is 14.0 Å². The summed E-state index contributed by atoms with van der Waals surface area (Å²) < 4.78 is 34.5. The van der Waals surface area contributed by atoms with Crippen LogP contribution in [0.25, 0.3) is 22.3 Å². The van der Waals surface area contributed by atoms with Crippen LogP contribution in [0, 0.1) is 6.92 Å². The molecule has 0 spiro atoms. The first-order valence-electron chi connectivity index (χ1n) is 15.3. The number of halogens is 1. The standard InChI is InChI=1S/C37H43FO8/c1-5-28-19-30(11-12-35(28)31-10-9-29(25(2)18-31)8-6-7-13-38)32-20-33(43-14-16-45-36(41)26(3)23-39)22-34(21-32)44-15-17-46-37(42)27(4)24-40/h9-12,18-22,39-40H,3-8,13-17,23-24H2,1-2H3. The second-order valence-electron chi connectivity index (χ2n) is 10.7. The monoisotopic (exact) mass is 634 g/mol. The topological polar surface area (TPSA) is 112 Å². The number of aliphatic hydroxyl groups excluding tert-OH is 2. The van der Waals surface area contributed by atoms with Crippen LogP contribution in [-0.4, -0.2) is 68.5 Å². The number of carbonyl (C=O) groups is 2. The van der Waals surface area contributed by atoms with Crippen molar-refractivity contribution in [2.45, 2.75) is 39.5 Å². The average molecular weight is 635 g/mol. The largest absolute Gasteiger partial charge is 0.490 e. The van der Waals surface area contributed by atoms with Crippen LogP contribution in [0.5, 0.6) is 11.5 Å². The van der Waals surface area contributed by atoms with E-state index in [4.69, 9.17) is 29.2 Å². The van der Waals surface area contributed by atoms with Gasteiger partial charge in [0.15, 0.2) is 0 Å². The Morgan fingerprint density at radius 1 is 0.717 bits per heavy atom. The molecule has 0 aliphatic heterocycles. The molecule has 0 fully saturated rings. The maximum Gasteiger partial charge on any atom is 0.335 e. The molecule has 0 aromatic heterocycles. The van der Waals surface area contributed by atoms with Gasteiger partial charge in [-0.2, -0.15) is 0 Å². The molecule has 0 saturated carbocycles. The zero-order valence-corrected chi connectivity index (χ0v) is 26.6. The van der Waals surface area contributed by atoms with Crippen molar-refractivity contribution in [3.05, 3.63) is 95.6 Å². The van der Waals surface area contributed by atoms with Gasteiger partial charge < -0.3 is 29.2 Å². The fourth-order valence-electron chi connectivity index (χ4n) is 4.73. The van der Waals surface area contributed by atoms with Crippen molar-refractivity contribution in [2.75, 3.05) is 46.3 Å². The first-order valence-corrected chi connectivity index (χ1v) is 15.3. The van der Waals surface area contributed by atoms with Gasteiger partial charge in [0.1, 0.15) is 37.9 Å². The number of hydrogen-bond donors (Lipinski definition) is 2. The summed E-state index contributed by atoms with van der Waals surface area (Å²) in [5.74, 6) is -0.459. The van der Waals surface area contributed by atoms with Crippen molar-refractivity contribution >= 4 is 11.9 Å². The van der Waals surface area contributed by atoms with Crippen LogP contribution >= 0.6 is 0 Å². The third-order valence-electron chi connectivity index (χ3n) is 7.31. The molecular formula is C37H43FO8. The summed E-state index contributed by atoms with van der Waals surface area (Å²) >= 11 is 0. The Hall–Kier alpha value is -4.47. The Kier molecular flexibility index (Phi) is 14.5. The van der Waals surface area contributed by atoms with E-state index in [1.54, 1.807) is 6.07 Å². The number of rotatable bonds is 19. The smallest absolute Gasteiger partial charge is 0.335 e. The summed E-state index contributed by atoms with van der Waals surface area (Å²) in [4.78, 5) is 23.6. The van der Waals surface area contributed by atoms with E-state index in [1.807, 2.05) is 18.2 Å². The number of carbonyl (C=O) groups excluding carboxylic acids is 2. The van der Waals surface area contributed by atoms with Gasteiger partial charge in [0.05, 0.1) is 31.0 Å². The Balaban J connectivity index is 1.83. The van der Waals surface area contributed by atoms with Gasteiger partial charge in [0, 0.05) is 6.07 Å². The predicted molar refractivity (Wildman–Crippen MR) is 176 cm³/mol. The van der Waals surface area contributed by atoms with Gasteiger partial charge in [-0.25, -0.2) is 9.59 Å². The van der Waals surface area contributed by atoms with Crippen molar-refractivity contribution in [2.24, 2.45) is 0 Å². The summed E-state index contributed by atoms with van der Waals surface area (Å²) in [6, 6.07) is 18.1. The molecule has 46 heavy (non-hydrogen) atoms.